The van der Waals surface area contributed by atoms with Crippen molar-refractivity contribution in [3.8, 4) is 11.5 Å². The molecule has 1 aliphatic rings. The van der Waals surface area contributed by atoms with Crippen LogP contribution in [0.3, 0.4) is 0 Å². The van der Waals surface area contributed by atoms with Crippen molar-refractivity contribution in [2.75, 3.05) is 26.1 Å². The number of nitrogens with one attached hydrogen (secondary N) is 2. The molecule has 0 spiro atoms. The minimum atomic E-state index is -0.934. The fraction of sp³-hybridized carbons (Fsp3) is 0.261. The molecule has 11 heteroatoms. The van der Waals surface area contributed by atoms with Crippen LogP contribution in [0.4, 0.5) is 10.3 Å². The number of halogens is 1. The summed E-state index contributed by atoms with van der Waals surface area (Å²) in [5.74, 6) is -0.353. The van der Waals surface area contributed by atoms with Crippen LogP contribution in [0.25, 0.3) is 0 Å². The highest BCUT2D eigenvalue weighted by atomic mass is 19.1. The third-order valence-electron chi connectivity index (χ3n) is 5.36. The van der Waals surface area contributed by atoms with E-state index in [1.807, 2.05) is 6.92 Å². The number of hydrogen-bond donors (Lipinski definition) is 2. The van der Waals surface area contributed by atoms with Gasteiger partial charge < -0.3 is 20.1 Å². The van der Waals surface area contributed by atoms with Crippen LogP contribution in [0.1, 0.15) is 35.3 Å². The number of ketones is 1. The first-order valence-electron chi connectivity index (χ1n) is 10.6. The van der Waals surface area contributed by atoms with Gasteiger partial charge in [0, 0.05) is 17.7 Å². The molecule has 3 aromatic rings. The van der Waals surface area contributed by atoms with Gasteiger partial charge in [-0.05, 0) is 59.3 Å². The van der Waals surface area contributed by atoms with Gasteiger partial charge in [-0.2, -0.15) is 4.68 Å². The van der Waals surface area contributed by atoms with Crippen molar-refractivity contribution in [3.63, 3.8) is 0 Å². The number of fused-ring (bicyclic) bond motifs is 1. The molecule has 0 aliphatic carbocycles. The number of nitrogens with zero attached hydrogens (tertiary/aromatic N) is 4. The number of benzene rings is 2. The number of carbonyl (C=O) groups excluding carboxylic acids is 2. The quantitative estimate of drug-likeness (QED) is 0.486. The zero-order chi connectivity index (χ0) is 24.2. The molecule has 0 unspecified atom stereocenters. The summed E-state index contributed by atoms with van der Waals surface area (Å²) < 4.78 is 25.9. The van der Waals surface area contributed by atoms with Crippen LogP contribution in [0, 0.1) is 5.82 Å². The van der Waals surface area contributed by atoms with Crippen molar-refractivity contribution < 1.29 is 23.5 Å². The number of Topliss-reactive ketones (excluding diaryl/α,β-unsaturated/α-hetero) is 1. The van der Waals surface area contributed by atoms with Crippen LogP contribution >= 0.6 is 0 Å². The lowest BCUT2D eigenvalue weighted by Gasteiger charge is -2.29. The SMILES string of the molecule is CCCNC(=O)C1=C(C(=O)c2ccc(F)cc2)[C@@H](c2cc(OC)ccc2OC)n2nnnc2N1. The van der Waals surface area contributed by atoms with E-state index in [0.717, 1.165) is 0 Å². The molecule has 1 atom stereocenters. The third kappa shape index (κ3) is 4.19. The van der Waals surface area contributed by atoms with Crippen molar-refractivity contribution in [2.45, 2.75) is 19.4 Å². The van der Waals surface area contributed by atoms with Gasteiger partial charge in [-0.3, -0.25) is 9.59 Å². The Morgan fingerprint density at radius 1 is 1.15 bits per heavy atom. The molecule has 4 rings (SSSR count). The van der Waals surface area contributed by atoms with E-state index >= 15 is 0 Å². The average Bonchev–Trinajstić information content (AvgIpc) is 3.34. The summed E-state index contributed by atoms with van der Waals surface area (Å²) in [7, 11) is 3.01. The van der Waals surface area contributed by atoms with Gasteiger partial charge in [0.25, 0.3) is 5.91 Å². The molecule has 176 valence electrons. The standard InChI is InChI=1S/C23H23FN6O4/c1-4-11-25-22(32)19-18(21(31)13-5-7-14(24)8-6-13)20(30-23(26-19)27-28-29-30)16-12-15(33-2)9-10-17(16)34-3/h5-10,12,20H,4,11H2,1-3H3,(H,25,32)(H,26,27,29)/t20-/m1/s1. The lowest BCUT2D eigenvalue weighted by atomic mass is 9.88. The van der Waals surface area contributed by atoms with E-state index in [1.165, 1.54) is 43.2 Å². The summed E-state index contributed by atoms with van der Waals surface area (Å²) >= 11 is 0. The number of methoxy groups -OCH3 is 2. The molecule has 0 saturated carbocycles. The Hall–Kier alpha value is -4.28. The molecule has 0 bridgehead atoms. The average molecular weight is 466 g/mol. The lowest BCUT2D eigenvalue weighted by molar-refractivity contribution is -0.117. The van der Waals surface area contributed by atoms with E-state index < -0.39 is 23.5 Å². The minimum absolute atomic E-state index is 0.0000482. The molecule has 1 aromatic heterocycles. The van der Waals surface area contributed by atoms with Gasteiger partial charge >= 0.3 is 0 Å². The van der Waals surface area contributed by atoms with Crippen LogP contribution in [0.2, 0.25) is 0 Å². The Morgan fingerprint density at radius 3 is 2.59 bits per heavy atom. The number of allylic oxidation sites excluding steroid dienone is 1. The number of carbonyl (C=O) groups is 2. The normalized spacial score (nSPS) is 14.8. The molecule has 34 heavy (non-hydrogen) atoms. The largest absolute Gasteiger partial charge is 0.497 e. The van der Waals surface area contributed by atoms with E-state index in [4.69, 9.17) is 9.47 Å². The summed E-state index contributed by atoms with van der Waals surface area (Å²) in [5.41, 5.74) is 0.775. The van der Waals surface area contributed by atoms with Gasteiger partial charge in [0.2, 0.25) is 5.95 Å². The number of tetrazole rings is 1. The molecule has 1 aliphatic heterocycles. The molecule has 1 amide bonds. The molecule has 2 heterocycles. The number of hydrogen-bond acceptors (Lipinski definition) is 8. The second-order valence-corrected chi connectivity index (χ2v) is 7.46. The smallest absolute Gasteiger partial charge is 0.268 e. The zero-order valence-electron chi connectivity index (χ0n) is 18.8. The molecule has 0 saturated heterocycles. The maximum atomic E-state index is 13.8. The van der Waals surface area contributed by atoms with Crippen molar-refractivity contribution >= 4 is 17.6 Å². The van der Waals surface area contributed by atoms with Crippen LogP contribution in [0.5, 0.6) is 11.5 Å². The Kier molecular flexibility index (Phi) is 6.53. The Bertz CT molecular complexity index is 1250. The number of ether oxygens (including phenoxy) is 2. The number of anilines is 1. The van der Waals surface area contributed by atoms with Crippen molar-refractivity contribution in [2.24, 2.45) is 0 Å². The topological polar surface area (TPSA) is 120 Å². The summed E-state index contributed by atoms with van der Waals surface area (Å²) in [5, 5.41) is 17.4. The van der Waals surface area contributed by atoms with Crippen LogP contribution in [-0.4, -0.2) is 52.7 Å². The maximum absolute atomic E-state index is 13.8. The second-order valence-electron chi connectivity index (χ2n) is 7.46. The third-order valence-corrected chi connectivity index (χ3v) is 5.36. The highest BCUT2D eigenvalue weighted by Gasteiger charge is 2.39. The van der Waals surface area contributed by atoms with Crippen molar-refractivity contribution in [1.29, 1.82) is 0 Å². The number of rotatable bonds is 8. The van der Waals surface area contributed by atoms with Crippen LogP contribution in [0.15, 0.2) is 53.7 Å². The monoisotopic (exact) mass is 466 g/mol. The Balaban J connectivity index is 1.97. The second kappa shape index (κ2) is 9.69. The predicted octanol–water partition coefficient (Wildman–Crippen LogP) is 2.51. The maximum Gasteiger partial charge on any atom is 0.268 e. The van der Waals surface area contributed by atoms with Gasteiger partial charge in [-0.15, -0.1) is 0 Å². The van der Waals surface area contributed by atoms with Crippen molar-refractivity contribution in [1.82, 2.24) is 25.5 Å². The van der Waals surface area contributed by atoms with Gasteiger partial charge in [0.1, 0.15) is 29.1 Å². The first-order chi connectivity index (χ1) is 16.5. The molecule has 0 radical (unpaired) electrons. The zero-order valence-corrected chi connectivity index (χ0v) is 18.8. The van der Waals surface area contributed by atoms with E-state index in [-0.39, 0.29) is 22.8 Å². The Morgan fingerprint density at radius 2 is 1.91 bits per heavy atom. The molecular formula is C23H23FN6O4. The Labute approximate surface area is 194 Å². The highest BCUT2D eigenvalue weighted by molar-refractivity contribution is 6.15. The summed E-state index contributed by atoms with van der Waals surface area (Å²) in [6, 6.07) is 9.26. The van der Waals surface area contributed by atoms with E-state index in [2.05, 4.69) is 26.2 Å². The minimum Gasteiger partial charge on any atom is -0.497 e. The summed E-state index contributed by atoms with van der Waals surface area (Å²) in [6.07, 6.45) is 0.700. The molecular weight excluding hydrogens is 443 g/mol. The first-order valence-corrected chi connectivity index (χ1v) is 10.6. The van der Waals surface area contributed by atoms with Gasteiger partial charge in [-0.1, -0.05) is 12.0 Å². The summed E-state index contributed by atoms with van der Waals surface area (Å²) in [4.78, 5) is 27.0. The number of aromatic nitrogens is 4. The molecule has 2 aromatic carbocycles. The molecule has 2 N–H and O–H groups in total. The van der Waals surface area contributed by atoms with Gasteiger partial charge in [0.15, 0.2) is 5.78 Å². The fourth-order valence-corrected chi connectivity index (χ4v) is 3.73. The van der Waals surface area contributed by atoms with E-state index in [9.17, 15) is 14.0 Å². The lowest BCUT2D eigenvalue weighted by Crippen LogP contribution is -2.37. The highest BCUT2D eigenvalue weighted by Crippen LogP contribution is 2.41. The molecule has 10 nitrogen and oxygen atoms in total. The first kappa shape index (κ1) is 22.9. The van der Waals surface area contributed by atoms with Gasteiger partial charge in [0.05, 0.1) is 19.8 Å². The van der Waals surface area contributed by atoms with Gasteiger partial charge in [-0.25, -0.2) is 4.39 Å². The van der Waals surface area contributed by atoms with Crippen molar-refractivity contribution in [3.05, 3.63) is 70.7 Å². The van der Waals surface area contributed by atoms with Crippen LogP contribution < -0.4 is 20.1 Å². The van der Waals surface area contributed by atoms with E-state index in [0.29, 0.717) is 30.0 Å². The summed E-state index contributed by atoms with van der Waals surface area (Å²) in [6.45, 7) is 2.32. The van der Waals surface area contributed by atoms with E-state index in [1.54, 1.807) is 18.2 Å². The molecule has 0 fully saturated rings. The van der Waals surface area contributed by atoms with Crippen LogP contribution in [-0.2, 0) is 4.79 Å². The number of amides is 1. The predicted molar refractivity (Wildman–Crippen MR) is 120 cm³/mol. The fourth-order valence-electron chi connectivity index (χ4n) is 3.73.